The molecule has 2 aliphatic heterocycles. The summed E-state index contributed by atoms with van der Waals surface area (Å²) in [7, 11) is -0.988. The lowest BCUT2D eigenvalue weighted by molar-refractivity contribution is -0.00291. The highest BCUT2D eigenvalue weighted by molar-refractivity contribution is 7.51. The molecule has 7 heteroatoms. The summed E-state index contributed by atoms with van der Waals surface area (Å²) >= 11 is 0. The molecule has 2 aliphatic rings. The second-order valence-electron chi connectivity index (χ2n) is 3.16. The number of hydroxylamine groups is 1. The van der Waals surface area contributed by atoms with Crippen LogP contribution in [0.15, 0.2) is 0 Å². The first-order valence-corrected chi connectivity index (χ1v) is 5.89. The topological polar surface area (TPSA) is 55.8 Å². The van der Waals surface area contributed by atoms with Crippen molar-refractivity contribution in [2.45, 2.75) is 6.92 Å². The van der Waals surface area contributed by atoms with Crippen LogP contribution in [0.25, 0.3) is 0 Å². The molecule has 0 saturated carbocycles. The van der Waals surface area contributed by atoms with E-state index in [-0.39, 0.29) is 0 Å². The van der Waals surface area contributed by atoms with Gasteiger partial charge in [-0.3, -0.25) is 5.21 Å². The Morgan fingerprint density at radius 2 is 1.93 bits per heavy atom. The van der Waals surface area contributed by atoms with Crippen molar-refractivity contribution in [3.05, 3.63) is 0 Å². The predicted molar refractivity (Wildman–Crippen MR) is 50.7 cm³/mol. The van der Waals surface area contributed by atoms with Crippen molar-refractivity contribution >= 4 is 14.5 Å². The lowest BCUT2D eigenvalue weighted by Gasteiger charge is -2.25. The summed E-state index contributed by atoms with van der Waals surface area (Å²) in [4.78, 5) is 12.0. The van der Waals surface area contributed by atoms with E-state index in [9.17, 15) is 10.0 Å². The molecule has 0 aliphatic carbocycles. The highest BCUT2D eigenvalue weighted by atomic mass is 31.2. The fourth-order valence-corrected chi connectivity index (χ4v) is 3.06. The minimum Gasteiger partial charge on any atom is -0.448 e. The number of amides is 1. The van der Waals surface area contributed by atoms with Crippen LogP contribution < -0.4 is 0 Å². The molecule has 2 rings (SSSR count). The van der Waals surface area contributed by atoms with Crippen molar-refractivity contribution in [1.29, 1.82) is 0 Å². The van der Waals surface area contributed by atoms with E-state index in [0.717, 1.165) is 31.0 Å². The Balaban J connectivity index is 1.91. The van der Waals surface area contributed by atoms with Crippen molar-refractivity contribution < 1.29 is 14.7 Å². The summed E-state index contributed by atoms with van der Waals surface area (Å²) in [6.07, 6.45) is -0.641. The summed E-state index contributed by atoms with van der Waals surface area (Å²) in [5.41, 5.74) is 0. The van der Waals surface area contributed by atoms with E-state index in [1.165, 1.54) is 0 Å². The van der Waals surface area contributed by atoms with Gasteiger partial charge in [-0.05, 0) is 6.92 Å². The van der Waals surface area contributed by atoms with Gasteiger partial charge in [0.25, 0.3) is 0 Å². The first kappa shape index (κ1) is 10.1. The summed E-state index contributed by atoms with van der Waals surface area (Å²) in [6, 6.07) is 0. The van der Waals surface area contributed by atoms with Crippen molar-refractivity contribution in [2.75, 3.05) is 32.8 Å². The minimum absolute atomic E-state index is 0.291. The highest BCUT2D eigenvalue weighted by Crippen LogP contribution is 2.54. The molecule has 0 spiro atoms. The fourth-order valence-electron chi connectivity index (χ4n) is 1.12. The van der Waals surface area contributed by atoms with Gasteiger partial charge in [0.2, 0.25) is 0 Å². The standard InChI is InChI=1S/C7H14N3O3P/c1-2-13-7(11)10(12)14(8-3-4-8)9-5-6-9/h12H,2-6H2,1H3. The van der Waals surface area contributed by atoms with Crippen molar-refractivity contribution in [3.63, 3.8) is 0 Å². The van der Waals surface area contributed by atoms with Crippen LogP contribution in [0.2, 0.25) is 0 Å². The fraction of sp³-hybridized carbons (Fsp3) is 0.857. The number of nitrogens with zero attached hydrogens (tertiary/aromatic N) is 3. The molecule has 0 aromatic heterocycles. The van der Waals surface area contributed by atoms with Gasteiger partial charge in [0.15, 0.2) is 8.37 Å². The Morgan fingerprint density at radius 3 is 2.29 bits per heavy atom. The van der Waals surface area contributed by atoms with Gasteiger partial charge >= 0.3 is 6.09 Å². The monoisotopic (exact) mass is 219 g/mol. The predicted octanol–water partition coefficient (Wildman–Crippen LogP) is 0.692. The van der Waals surface area contributed by atoms with Gasteiger partial charge in [0.05, 0.1) is 6.61 Å². The first-order valence-electron chi connectivity index (χ1n) is 4.69. The van der Waals surface area contributed by atoms with E-state index in [4.69, 9.17) is 4.74 Å². The third-order valence-corrected chi connectivity index (χ3v) is 4.27. The number of carbonyl (C=O) groups excluding carboxylic acids is 1. The Hall–Kier alpha value is -0.420. The van der Waals surface area contributed by atoms with E-state index in [0.29, 0.717) is 6.61 Å². The van der Waals surface area contributed by atoms with Crippen LogP contribution in [0.1, 0.15) is 6.92 Å². The Morgan fingerprint density at radius 1 is 1.43 bits per heavy atom. The van der Waals surface area contributed by atoms with Gasteiger partial charge < -0.3 is 4.74 Å². The second kappa shape index (κ2) is 3.98. The van der Waals surface area contributed by atoms with E-state index in [1.807, 2.05) is 0 Å². The number of rotatable bonds is 4. The number of carbonyl (C=O) groups is 1. The molecule has 0 aromatic rings. The van der Waals surface area contributed by atoms with Gasteiger partial charge in [-0.15, -0.1) is 4.83 Å². The molecular weight excluding hydrogens is 205 g/mol. The largest absolute Gasteiger partial charge is 0.448 e. The molecule has 0 bridgehead atoms. The maximum Gasteiger partial charge on any atom is 0.439 e. The normalized spacial score (nSPS) is 21.1. The number of hydrogen-bond donors (Lipinski definition) is 1. The SMILES string of the molecule is CCOC(=O)N(O)P(N1CC1)N1CC1. The van der Waals surface area contributed by atoms with Crippen LogP contribution in [0.5, 0.6) is 0 Å². The van der Waals surface area contributed by atoms with Crippen LogP contribution in [0.4, 0.5) is 4.79 Å². The average molecular weight is 219 g/mol. The maximum atomic E-state index is 11.3. The molecule has 6 nitrogen and oxygen atoms in total. The van der Waals surface area contributed by atoms with E-state index < -0.39 is 14.5 Å². The molecule has 1 amide bonds. The zero-order valence-corrected chi connectivity index (χ0v) is 8.98. The van der Waals surface area contributed by atoms with E-state index >= 15 is 0 Å². The molecule has 2 fully saturated rings. The first-order chi connectivity index (χ1) is 6.74. The van der Waals surface area contributed by atoms with Crippen molar-refractivity contribution in [3.8, 4) is 0 Å². The summed E-state index contributed by atoms with van der Waals surface area (Å²) < 4.78 is 8.88. The summed E-state index contributed by atoms with van der Waals surface area (Å²) in [6.45, 7) is 5.84. The van der Waals surface area contributed by atoms with Crippen molar-refractivity contribution in [1.82, 2.24) is 14.2 Å². The molecule has 0 aromatic carbocycles. The average Bonchev–Trinajstić information content (AvgIpc) is 2.99. The van der Waals surface area contributed by atoms with E-state index in [2.05, 4.69) is 9.34 Å². The lowest BCUT2D eigenvalue weighted by Crippen LogP contribution is -2.28. The molecule has 0 atom stereocenters. The number of ether oxygens (including phenoxy) is 1. The van der Waals surface area contributed by atoms with Gasteiger partial charge in [-0.2, -0.15) is 0 Å². The van der Waals surface area contributed by atoms with Gasteiger partial charge in [0.1, 0.15) is 0 Å². The molecule has 2 saturated heterocycles. The zero-order valence-electron chi connectivity index (χ0n) is 8.09. The summed E-state index contributed by atoms with van der Waals surface area (Å²) in [5, 5.41) is 9.63. The van der Waals surface area contributed by atoms with E-state index in [1.54, 1.807) is 6.92 Å². The molecular formula is C7H14N3O3P. The molecule has 0 radical (unpaired) electrons. The third-order valence-electron chi connectivity index (χ3n) is 1.95. The smallest absolute Gasteiger partial charge is 0.439 e. The minimum atomic E-state index is -0.988. The zero-order chi connectivity index (χ0) is 10.1. The number of hydrogen-bond acceptors (Lipinski definition) is 5. The quantitative estimate of drug-likeness (QED) is 0.326. The Kier molecular flexibility index (Phi) is 2.88. The van der Waals surface area contributed by atoms with Gasteiger partial charge in [-0.1, -0.05) is 0 Å². The summed E-state index contributed by atoms with van der Waals surface area (Å²) in [5.74, 6) is 0. The van der Waals surface area contributed by atoms with Crippen LogP contribution in [-0.4, -0.2) is 58.3 Å². The van der Waals surface area contributed by atoms with Crippen molar-refractivity contribution in [2.24, 2.45) is 0 Å². The van der Waals surface area contributed by atoms with Crippen LogP contribution in [0, 0.1) is 0 Å². The second-order valence-corrected chi connectivity index (χ2v) is 5.21. The van der Waals surface area contributed by atoms with Crippen LogP contribution >= 0.6 is 8.37 Å². The highest BCUT2D eigenvalue weighted by Gasteiger charge is 2.44. The van der Waals surface area contributed by atoms with Gasteiger partial charge in [0, 0.05) is 26.2 Å². The molecule has 14 heavy (non-hydrogen) atoms. The Bertz CT molecular complexity index is 220. The van der Waals surface area contributed by atoms with Gasteiger partial charge in [-0.25, -0.2) is 14.1 Å². The molecule has 80 valence electrons. The molecule has 2 heterocycles. The maximum absolute atomic E-state index is 11.3. The molecule has 1 N–H and O–H groups in total. The Labute approximate surface area is 83.9 Å². The van der Waals surface area contributed by atoms with Crippen LogP contribution in [0.3, 0.4) is 0 Å². The van der Waals surface area contributed by atoms with Crippen LogP contribution in [-0.2, 0) is 4.74 Å². The third kappa shape index (κ3) is 2.15. The molecule has 0 unspecified atom stereocenters. The lowest BCUT2D eigenvalue weighted by atomic mass is 10.9.